The first-order chi connectivity index (χ1) is 8.69. The van der Waals surface area contributed by atoms with Gasteiger partial charge in [0, 0.05) is 16.7 Å². The highest BCUT2D eigenvalue weighted by molar-refractivity contribution is 9.10. The van der Waals surface area contributed by atoms with Gasteiger partial charge in [0.15, 0.2) is 0 Å². The standard InChI is InChI=1S/C13H13BrFN3/c1-16-13(10-2-3-17-18-8-10)6-9-4-11(14)7-12(15)5-9/h2-5,7-8,13,16H,6H2,1H3. The molecule has 94 valence electrons. The van der Waals surface area contributed by atoms with Gasteiger partial charge in [0.05, 0.1) is 6.20 Å². The molecule has 1 aromatic carbocycles. The van der Waals surface area contributed by atoms with Crippen LogP contribution in [0.4, 0.5) is 4.39 Å². The van der Waals surface area contributed by atoms with Crippen molar-refractivity contribution in [2.45, 2.75) is 12.5 Å². The fourth-order valence-electron chi connectivity index (χ4n) is 1.86. The summed E-state index contributed by atoms with van der Waals surface area (Å²) in [7, 11) is 1.87. The zero-order chi connectivity index (χ0) is 13.0. The molecule has 2 rings (SSSR count). The summed E-state index contributed by atoms with van der Waals surface area (Å²) >= 11 is 3.30. The van der Waals surface area contributed by atoms with Crippen LogP contribution in [0.1, 0.15) is 17.2 Å². The van der Waals surface area contributed by atoms with Crippen LogP contribution in [0.3, 0.4) is 0 Å². The number of hydrogen-bond acceptors (Lipinski definition) is 3. The third-order valence-corrected chi connectivity index (χ3v) is 3.18. The second-order valence-electron chi connectivity index (χ2n) is 4.00. The van der Waals surface area contributed by atoms with Crippen molar-refractivity contribution in [3.05, 3.63) is 58.1 Å². The minimum absolute atomic E-state index is 0.0919. The summed E-state index contributed by atoms with van der Waals surface area (Å²) in [6, 6.07) is 6.91. The van der Waals surface area contributed by atoms with E-state index in [1.807, 2.05) is 19.2 Å². The van der Waals surface area contributed by atoms with Crippen molar-refractivity contribution in [1.82, 2.24) is 15.5 Å². The van der Waals surface area contributed by atoms with Crippen molar-refractivity contribution in [2.75, 3.05) is 7.05 Å². The van der Waals surface area contributed by atoms with Crippen molar-refractivity contribution in [3.63, 3.8) is 0 Å². The lowest BCUT2D eigenvalue weighted by atomic mass is 10.0. The molecule has 0 bridgehead atoms. The minimum Gasteiger partial charge on any atom is -0.313 e. The van der Waals surface area contributed by atoms with Crippen molar-refractivity contribution in [3.8, 4) is 0 Å². The lowest BCUT2D eigenvalue weighted by Gasteiger charge is -2.16. The number of benzene rings is 1. The predicted octanol–water partition coefficient (Wildman–Crippen LogP) is 2.88. The van der Waals surface area contributed by atoms with Crippen LogP contribution in [-0.4, -0.2) is 17.2 Å². The fraction of sp³-hybridized carbons (Fsp3) is 0.231. The van der Waals surface area contributed by atoms with E-state index in [0.29, 0.717) is 6.42 Å². The van der Waals surface area contributed by atoms with Crippen LogP contribution in [0.2, 0.25) is 0 Å². The first kappa shape index (κ1) is 13.1. The number of hydrogen-bond donors (Lipinski definition) is 1. The molecular formula is C13H13BrFN3. The number of nitrogens with zero attached hydrogens (tertiary/aromatic N) is 2. The van der Waals surface area contributed by atoms with Crippen molar-refractivity contribution >= 4 is 15.9 Å². The number of halogens is 2. The van der Waals surface area contributed by atoms with E-state index < -0.39 is 0 Å². The van der Waals surface area contributed by atoms with E-state index in [1.54, 1.807) is 18.5 Å². The molecule has 3 nitrogen and oxygen atoms in total. The Morgan fingerprint density at radius 1 is 1.33 bits per heavy atom. The summed E-state index contributed by atoms with van der Waals surface area (Å²) in [6.45, 7) is 0. The van der Waals surface area contributed by atoms with E-state index in [0.717, 1.165) is 15.6 Å². The van der Waals surface area contributed by atoms with E-state index in [9.17, 15) is 4.39 Å². The first-order valence-corrected chi connectivity index (χ1v) is 6.37. The topological polar surface area (TPSA) is 37.8 Å². The smallest absolute Gasteiger partial charge is 0.124 e. The highest BCUT2D eigenvalue weighted by atomic mass is 79.9. The number of rotatable bonds is 4. The molecule has 0 amide bonds. The monoisotopic (exact) mass is 309 g/mol. The van der Waals surface area contributed by atoms with Crippen LogP contribution in [-0.2, 0) is 6.42 Å². The van der Waals surface area contributed by atoms with Crippen molar-refractivity contribution in [2.24, 2.45) is 0 Å². The van der Waals surface area contributed by atoms with Gasteiger partial charge >= 0.3 is 0 Å². The largest absolute Gasteiger partial charge is 0.313 e. The lowest BCUT2D eigenvalue weighted by molar-refractivity contribution is 0.580. The summed E-state index contributed by atoms with van der Waals surface area (Å²) in [6.07, 6.45) is 4.06. The number of likely N-dealkylation sites (N-methyl/N-ethyl adjacent to an activating group) is 1. The average Bonchev–Trinajstić information content (AvgIpc) is 2.36. The Labute approximate surface area is 114 Å². The third-order valence-electron chi connectivity index (χ3n) is 2.72. The van der Waals surface area contributed by atoms with Gasteiger partial charge in [-0.15, -0.1) is 0 Å². The van der Waals surface area contributed by atoms with Crippen LogP contribution < -0.4 is 5.32 Å². The SMILES string of the molecule is CNC(Cc1cc(F)cc(Br)c1)c1ccnnc1. The summed E-state index contributed by atoms with van der Waals surface area (Å²) in [5.74, 6) is -0.234. The third kappa shape index (κ3) is 3.34. The maximum atomic E-state index is 13.3. The van der Waals surface area contributed by atoms with Gasteiger partial charge in [0.1, 0.15) is 5.82 Å². The molecule has 5 heteroatoms. The second kappa shape index (κ2) is 6.02. The van der Waals surface area contributed by atoms with E-state index in [2.05, 4.69) is 31.4 Å². The summed E-state index contributed by atoms with van der Waals surface area (Å²) in [5.41, 5.74) is 1.96. The molecule has 1 aromatic heterocycles. The quantitative estimate of drug-likeness (QED) is 0.943. The lowest BCUT2D eigenvalue weighted by Crippen LogP contribution is -2.19. The maximum Gasteiger partial charge on any atom is 0.124 e. The zero-order valence-corrected chi connectivity index (χ0v) is 11.5. The van der Waals surface area contributed by atoms with Gasteiger partial charge in [0.2, 0.25) is 0 Å². The summed E-state index contributed by atoms with van der Waals surface area (Å²) < 4.78 is 14.1. The molecule has 0 aliphatic heterocycles. The average molecular weight is 310 g/mol. The summed E-state index contributed by atoms with van der Waals surface area (Å²) in [5, 5.41) is 10.8. The molecular weight excluding hydrogens is 297 g/mol. The highest BCUT2D eigenvalue weighted by Crippen LogP contribution is 2.21. The Bertz CT molecular complexity index is 499. The normalized spacial score (nSPS) is 12.4. The first-order valence-electron chi connectivity index (χ1n) is 5.58. The highest BCUT2D eigenvalue weighted by Gasteiger charge is 2.11. The Kier molecular flexibility index (Phi) is 4.38. The van der Waals surface area contributed by atoms with Gasteiger partial charge in [-0.2, -0.15) is 10.2 Å². The number of nitrogens with one attached hydrogen (secondary N) is 1. The van der Waals surface area contributed by atoms with E-state index in [-0.39, 0.29) is 11.9 Å². The number of aromatic nitrogens is 2. The van der Waals surface area contributed by atoms with Gasteiger partial charge in [-0.3, -0.25) is 0 Å². The van der Waals surface area contributed by atoms with Gasteiger partial charge in [-0.25, -0.2) is 4.39 Å². The Morgan fingerprint density at radius 2 is 2.17 bits per heavy atom. The molecule has 0 aliphatic carbocycles. The molecule has 1 unspecified atom stereocenters. The van der Waals surface area contributed by atoms with Crippen LogP contribution in [0, 0.1) is 5.82 Å². The van der Waals surface area contributed by atoms with E-state index in [4.69, 9.17) is 0 Å². The van der Waals surface area contributed by atoms with Crippen molar-refractivity contribution < 1.29 is 4.39 Å². The molecule has 1 atom stereocenters. The van der Waals surface area contributed by atoms with Crippen LogP contribution >= 0.6 is 15.9 Å². The van der Waals surface area contributed by atoms with Gasteiger partial charge in [0.25, 0.3) is 0 Å². The van der Waals surface area contributed by atoms with Crippen LogP contribution in [0.25, 0.3) is 0 Å². The molecule has 0 radical (unpaired) electrons. The zero-order valence-electron chi connectivity index (χ0n) is 9.90. The Hall–Kier alpha value is -1.33. The molecule has 0 spiro atoms. The Balaban J connectivity index is 2.20. The van der Waals surface area contributed by atoms with Gasteiger partial charge < -0.3 is 5.32 Å². The Morgan fingerprint density at radius 3 is 2.78 bits per heavy atom. The molecule has 18 heavy (non-hydrogen) atoms. The van der Waals surface area contributed by atoms with E-state index in [1.165, 1.54) is 6.07 Å². The van der Waals surface area contributed by atoms with Crippen molar-refractivity contribution in [1.29, 1.82) is 0 Å². The van der Waals surface area contributed by atoms with Gasteiger partial charge in [-0.05, 0) is 48.9 Å². The molecule has 0 aliphatic rings. The van der Waals surface area contributed by atoms with E-state index >= 15 is 0 Å². The molecule has 2 aromatic rings. The summed E-state index contributed by atoms with van der Waals surface area (Å²) in [4.78, 5) is 0. The molecule has 1 N–H and O–H groups in total. The predicted molar refractivity (Wildman–Crippen MR) is 71.6 cm³/mol. The molecule has 0 saturated heterocycles. The molecule has 0 fully saturated rings. The van der Waals surface area contributed by atoms with Crippen LogP contribution in [0.5, 0.6) is 0 Å². The fourth-order valence-corrected chi connectivity index (χ4v) is 2.37. The van der Waals surface area contributed by atoms with Crippen LogP contribution in [0.15, 0.2) is 41.1 Å². The molecule has 0 saturated carbocycles. The second-order valence-corrected chi connectivity index (χ2v) is 4.91. The minimum atomic E-state index is -0.234. The molecule has 1 heterocycles. The maximum absolute atomic E-state index is 13.3. The van der Waals surface area contributed by atoms with Gasteiger partial charge in [-0.1, -0.05) is 15.9 Å².